The molecular weight excluding hydrogens is 304 g/mol. The van der Waals surface area contributed by atoms with Crippen LogP contribution in [0.3, 0.4) is 0 Å². The molecule has 8 heteroatoms. The van der Waals surface area contributed by atoms with Crippen LogP contribution in [0.2, 0.25) is 0 Å². The number of benzene rings is 1. The third-order valence-electron chi connectivity index (χ3n) is 3.10. The number of ketones is 1. The van der Waals surface area contributed by atoms with Gasteiger partial charge in [0.05, 0.1) is 28.6 Å². The number of aromatic nitrogens is 3. The zero-order valence-corrected chi connectivity index (χ0v) is 12.4. The van der Waals surface area contributed by atoms with Gasteiger partial charge in [-0.3, -0.25) is 9.52 Å². The van der Waals surface area contributed by atoms with E-state index in [1.54, 1.807) is 6.07 Å². The first kappa shape index (κ1) is 14.2. The molecule has 0 saturated heterocycles. The number of Topliss-reactive ketones (excluding diaryl/α,β-unsaturated/α-hetero) is 1. The molecule has 0 atom stereocenters. The minimum atomic E-state index is -3.74. The monoisotopic (exact) mass is 316 g/mol. The van der Waals surface area contributed by atoms with E-state index in [0.717, 1.165) is 0 Å². The van der Waals surface area contributed by atoms with Crippen molar-refractivity contribution in [3.05, 3.63) is 48.4 Å². The fourth-order valence-corrected chi connectivity index (χ4v) is 3.00. The predicted molar refractivity (Wildman–Crippen MR) is 81.1 cm³/mol. The van der Waals surface area contributed by atoms with E-state index in [-0.39, 0.29) is 10.7 Å². The van der Waals surface area contributed by atoms with Gasteiger partial charge in [0.15, 0.2) is 11.4 Å². The Morgan fingerprint density at radius 2 is 1.91 bits per heavy atom. The van der Waals surface area contributed by atoms with Crippen LogP contribution >= 0.6 is 0 Å². The fourth-order valence-electron chi connectivity index (χ4n) is 1.97. The third kappa shape index (κ3) is 2.68. The summed E-state index contributed by atoms with van der Waals surface area (Å²) in [7, 11) is -3.74. The van der Waals surface area contributed by atoms with E-state index in [9.17, 15) is 13.2 Å². The van der Waals surface area contributed by atoms with Crippen molar-refractivity contribution in [3.8, 4) is 0 Å². The number of fused-ring (bicyclic) bond motifs is 1. The van der Waals surface area contributed by atoms with Gasteiger partial charge in [-0.15, -0.1) is 0 Å². The van der Waals surface area contributed by atoms with Crippen LogP contribution < -0.4 is 4.72 Å². The van der Waals surface area contributed by atoms with Crippen LogP contribution in [0.1, 0.15) is 17.3 Å². The summed E-state index contributed by atoms with van der Waals surface area (Å²) in [5.41, 5.74) is 1.92. The van der Waals surface area contributed by atoms with Crippen molar-refractivity contribution in [1.82, 2.24) is 15.0 Å². The number of nitrogens with one attached hydrogen (secondary N) is 2. The summed E-state index contributed by atoms with van der Waals surface area (Å²) in [6, 6.07) is 7.35. The van der Waals surface area contributed by atoms with Crippen molar-refractivity contribution in [2.75, 3.05) is 4.72 Å². The lowest BCUT2D eigenvalue weighted by Crippen LogP contribution is -2.13. The quantitative estimate of drug-likeness (QED) is 0.716. The van der Waals surface area contributed by atoms with Crippen molar-refractivity contribution in [1.29, 1.82) is 0 Å². The molecular formula is C14H12N4O3S. The Bertz CT molecular complexity index is 946. The molecule has 0 fully saturated rings. The molecule has 3 aromatic rings. The van der Waals surface area contributed by atoms with Crippen LogP contribution in [-0.4, -0.2) is 29.2 Å². The van der Waals surface area contributed by atoms with Crippen molar-refractivity contribution in [3.63, 3.8) is 0 Å². The number of aromatic amines is 1. The average Bonchev–Trinajstić information content (AvgIpc) is 2.94. The maximum atomic E-state index is 12.3. The number of rotatable bonds is 4. The second-order valence-electron chi connectivity index (χ2n) is 4.68. The number of pyridine rings is 1. The number of H-pyrrole nitrogens is 1. The fraction of sp³-hybridized carbons (Fsp3) is 0.0714. The van der Waals surface area contributed by atoms with E-state index in [2.05, 4.69) is 19.7 Å². The van der Waals surface area contributed by atoms with Gasteiger partial charge in [-0.1, -0.05) is 12.1 Å². The number of anilines is 1. The summed E-state index contributed by atoms with van der Waals surface area (Å²) >= 11 is 0. The molecule has 0 aliphatic rings. The number of nitrogens with zero attached hydrogens (tertiary/aromatic N) is 2. The summed E-state index contributed by atoms with van der Waals surface area (Å²) in [5.74, 6) is -0.120. The SMILES string of the molecule is CC(=O)c1ccc(S(=O)(=O)Nc2cnc3nc[nH]c3c2)cc1. The topological polar surface area (TPSA) is 105 Å². The van der Waals surface area contributed by atoms with E-state index in [0.29, 0.717) is 22.4 Å². The van der Waals surface area contributed by atoms with Crippen LogP contribution in [0.5, 0.6) is 0 Å². The highest BCUT2D eigenvalue weighted by Gasteiger charge is 2.15. The van der Waals surface area contributed by atoms with Crippen molar-refractivity contribution in [2.24, 2.45) is 0 Å². The second kappa shape index (κ2) is 5.23. The highest BCUT2D eigenvalue weighted by molar-refractivity contribution is 7.92. The summed E-state index contributed by atoms with van der Waals surface area (Å²) in [6.07, 6.45) is 2.88. The first-order valence-corrected chi connectivity index (χ1v) is 7.87. The first-order chi connectivity index (χ1) is 10.5. The number of carbonyl (C=O) groups is 1. The Kier molecular flexibility index (Phi) is 3.38. The van der Waals surface area contributed by atoms with E-state index >= 15 is 0 Å². The van der Waals surface area contributed by atoms with Gasteiger partial charge in [0.2, 0.25) is 0 Å². The molecule has 0 aliphatic carbocycles. The number of hydrogen-bond acceptors (Lipinski definition) is 5. The van der Waals surface area contributed by atoms with Gasteiger partial charge >= 0.3 is 0 Å². The average molecular weight is 316 g/mol. The predicted octanol–water partition coefficient (Wildman–Crippen LogP) is 1.96. The summed E-state index contributed by atoms with van der Waals surface area (Å²) in [6.45, 7) is 1.42. The molecule has 22 heavy (non-hydrogen) atoms. The smallest absolute Gasteiger partial charge is 0.261 e. The molecule has 1 aromatic carbocycles. The number of hydrogen-bond donors (Lipinski definition) is 2. The minimum Gasteiger partial charge on any atom is -0.343 e. The maximum absolute atomic E-state index is 12.3. The standard InChI is InChI=1S/C14H12N4O3S/c1-9(19)10-2-4-12(5-3-10)22(20,21)18-11-6-13-14(15-7-11)17-8-16-13/h2-8,18H,1H3,(H,15,16,17). The molecule has 2 heterocycles. The highest BCUT2D eigenvalue weighted by atomic mass is 32.2. The normalized spacial score (nSPS) is 11.5. The number of carbonyl (C=O) groups excluding carboxylic acids is 1. The first-order valence-electron chi connectivity index (χ1n) is 6.39. The number of imidazole rings is 1. The van der Waals surface area contributed by atoms with Crippen LogP contribution in [0.25, 0.3) is 11.2 Å². The Labute approximate surface area is 126 Å². The van der Waals surface area contributed by atoms with Gasteiger partial charge in [-0.25, -0.2) is 18.4 Å². The molecule has 2 aromatic heterocycles. The zero-order valence-electron chi connectivity index (χ0n) is 11.6. The lowest BCUT2D eigenvalue weighted by atomic mass is 10.2. The maximum Gasteiger partial charge on any atom is 0.261 e. The van der Waals surface area contributed by atoms with Crippen LogP contribution in [0, 0.1) is 0 Å². The van der Waals surface area contributed by atoms with E-state index in [4.69, 9.17) is 0 Å². The van der Waals surface area contributed by atoms with Crippen molar-refractivity contribution >= 4 is 32.7 Å². The zero-order chi connectivity index (χ0) is 15.7. The molecule has 2 N–H and O–H groups in total. The molecule has 112 valence electrons. The Morgan fingerprint density at radius 1 is 1.18 bits per heavy atom. The number of sulfonamides is 1. The van der Waals surface area contributed by atoms with Gasteiger partial charge in [-0.05, 0) is 25.1 Å². The Hall–Kier alpha value is -2.74. The third-order valence-corrected chi connectivity index (χ3v) is 4.49. The highest BCUT2D eigenvalue weighted by Crippen LogP contribution is 2.18. The second-order valence-corrected chi connectivity index (χ2v) is 6.37. The largest absolute Gasteiger partial charge is 0.343 e. The molecule has 0 amide bonds. The van der Waals surface area contributed by atoms with Gasteiger partial charge in [-0.2, -0.15) is 0 Å². The van der Waals surface area contributed by atoms with Gasteiger partial charge < -0.3 is 4.98 Å². The molecule has 3 rings (SSSR count). The summed E-state index contributed by atoms with van der Waals surface area (Å²) in [4.78, 5) is 22.2. The van der Waals surface area contributed by atoms with Gasteiger partial charge in [0.25, 0.3) is 10.0 Å². The molecule has 0 spiro atoms. The lowest BCUT2D eigenvalue weighted by molar-refractivity contribution is 0.101. The van der Waals surface area contributed by atoms with Crippen LogP contribution in [0.4, 0.5) is 5.69 Å². The summed E-state index contributed by atoms with van der Waals surface area (Å²) in [5, 5.41) is 0. The van der Waals surface area contributed by atoms with Crippen molar-refractivity contribution < 1.29 is 13.2 Å². The van der Waals surface area contributed by atoms with E-state index in [1.807, 2.05) is 0 Å². The molecule has 0 saturated carbocycles. The molecule has 0 bridgehead atoms. The molecule has 7 nitrogen and oxygen atoms in total. The lowest BCUT2D eigenvalue weighted by Gasteiger charge is -2.08. The molecule has 0 aliphatic heterocycles. The molecule has 0 unspecified atom stereocenters. The Balaban J connectivity index is 1.90. The van der Waals surface area contributed by atoms with E-state index in [1.165, 1.54) is 43.7 Å². The Morgan fingerprint density at radius 3 is 2.59 bits per heavy atom. The van der Waals surface area contributed by atoms with Gasteiger partial charge in [0, 0.05) is 5.56 Å². The summed E-state index contributed by atoms with van der Waals surface area (Å²) < 4.78 is 27.1. The minimum absolute atomic E-state index is 0.0715. The van der Waals surface area contributed by atoms with Gasteiger partial charge in [0.1, 0.15) is 0 Å². The van der Waals surface area contributed by atoms with Crippen LogP contribution in [-0.2, 0) is 10.0 Å². The van der Waals surface area contributed by atoms with E-state index < -0.39 is 10.0 Å². The van der Waals surface area contributed by atoms with Crippen molar-refractivity contribution in [2.45, 2.75) is 11.8 Å². The van der Waals surface area contributed by atoms with Crippen LogP contribution in [0.15, 0.2) is 47.8 Å². The molecule has 0 radical (unpaired) electrons.